The summed E-state index contributed by atoms with van der Waals surface area (Å²) in [6, 6.07) is 1.69. The molecule has 0 aromatic carbocycles. The van der Waals surface area contributed by atoms with Crippen molar-refractivity contribution < 1.29 is 14.6 Å². The summed E-state index contributed by atoms with van der Waals surface area (Å²) in [5, 5.41) is 10.6. The quantitative estimate of drug-likeness (QED) is 0.826. The Labute approximate surface area is 151 Å². The Morgan fingerprint density at radius 3 is 2.73 bits per heavy atom. The fourth-order valence-electron chi connectivity index (χ4n) is 4.26. The predicted octanol–water partition coefficient (Wildman–Crippen LogP) is 1.22. The van der Waals surface area contributed by atoms with E-state index in [4.69, 9.17) is 4.74 Å². The van der Waals surface area contributed by atoms with Crippen molar-refractivity contribution in [2.24, 2.45) is 11.8 Å². The Balaban J connectivity index is 1.54. The molecule has 2 aromatic rings. The Morgan fingerprint density at radius 1 is 1.27 bits per heavy atom. The Hall–Kier alpha value is -2.48. The zero-order chi connectivity index (χ0) is 18.3. The van der Waals surface area contributed by atoms with E-state index >= 15 is 0 Å². The van der Waals surface area contributed by atoms with Gasteiger partial charge in [0, 0.05) is 31.2 Å². The molecule has 2 aromatic heterocycles. The van der Waals surface area contributed by atoms with Gasteiger partial charge < -0.3 is 19.3 Å². The van der Waals surface area contributed by atoms with E-state index in [1.165, 1.54) is 7.11 Å². The van der Waals surface area contributed by atoms with Crippen LogP contribution in [-0.2, 0) is 4.74 Å². The number of carbonyl (C=O) groups excluding carboxylic acids is 1. The molecule has 0 radical (unpaired) electrons. The van der Waals surface area contributed by atoms with Crippen LogP contribution in [0.15, 0.2) is 24.8 Å². The topological polar surface area (TPSA) is 93.4 Å². The van der Waals surface area contributed by atoms with Crippen LogP contribution in [0.1, 0.15) is 35.1 Å². The number of rotatable bonds is 3. The van der Waals surface area contributed by atoms with Gasteiger partial charge in [0.15, 0.2) is 5.69 Å². The largest absolute Gasteiger partial charge is 0.464 e. The Morgan fingerprint density at radius 2 is 2.04 bits per heavy atom. The number of nitrogens with zero attached hydrogens (tertiary/aromatic N) is 5. The average Bonchev–Trinajstić information content (AvgIpc) is 3.29. The van der Waals surface area contributed by atoms with Gasteiger partial charge in [0.1, 0.15) is 0 Å². The second-order valence-electron chi connectivity index (χ2n) is 7.23. The summed E-state index contributed by atoms with van der Waals surface area (Å²) < 4.78 is 6.79. The van der Waals surface area contributed by atoms with E-state index in [-0.39, 0.29) is 17.8 Å². The number of hydrogen-bond acceptors (Lipinski definition) is 7. The van der Waals surface area contributed by atoms with Crippen molar-refractivity contribution >= 4 is 11.9 Å². The highest BCUT2D eigenvalue weighted by atomic mass is 16.5. The SMILES string of the molecule is COC(=O)c1cc(C)nc(N2C[C@H]3C[C@@H](n4ccnc4)[C@H](O)C[C@H]3C2)n1. The third kappa shape index (κ3) is 3.05. The number of fused-ring (bicyclic) bond motifs is 1. The summed E-state index contributed by atoms with van der Waals surface area (Å²) in [6.07, 6.45) is 6.69. The minimum Gasteiger partial charge on any atom is -0.464 e. The molecule has 1 saturated carbocycles. The fraction of sp³-hybridized carbons (Fsp3) is 0.556. The molecule has 2 aliphatic rings. The highest BCUT2D eigenvalue weighted by molar-refractivity contribution is 5.87. The molecule has 3 heterocycles. The van der Waals surface area contributed by atoms with Crippen LogP contribution in [0.3, 0.4) is 0 Å². The lowest BCUT2D eigenvalue weighted by molar-refractivity contribution is 0.0358. The lowest BCUT2D eigenvalue weighted by atomic mass is 9.77. The van der Waals surface area contributed by atoms with Crippen molar-refractivity contribution in [2.45, 2.75) is 31.9 Å². The van der Waals surface area contributed by atoms with Gasteiger partial charge in [0.2, 0.25) is 5.95 Å². The summed E-state index contributed by atoms with van der Waals surface area (Å²) in [5.74, 6) is 0.962. The van der Waals surface area contributed by atoms with Gasteiger partial charge in [-0.2, -0.15) is 0 Å². The molecule has 1 saturated heterocycles. The lowest BCUT2D eigenvalue weighted by Crippen LogP contribution is -2.35. The molecule has 0 amide bonds. The van der Waals surface area contributed by atoms with Crippen LogP contribution < -0.4 is 4.90 Å². The maximum absolute atomic E-state index is 11.8. The minimum atomic E-state index is -0.455. The second-order valence-corrected chi connectivity index (χ2v) is 7.23. The van der Waals surface area contributed by atoms with Crippen LogP contribution in [0.4, 0.5) is 5.95 Å². The van der Waals surface area contributed by atoms with Crippen molar-refractivity contribution in [3.63, 3.8) is 0 Å². The average molecular weight is 357 g/mol. The summed E-state index contributed by atoms with van der Waals surface area (Å²) >= 11 is 0. The van der Waals surface area contributed by atoms with Crippen molar-refractivity contribution in [1.29, 1.82) is 0 Å². The third-order valence-electron chi connectivity index (χ3n) is 5.54. The Bertz CT molecular complexity index is 794. The summed E-state index contributed by atoms with van der Waals surface area (Å²) in [7, 11) is 1.35. The van der Waals surface area contributed by atoms with Crippen LogP contribution >= 0.6 is 0 Å². The van der Waals surface area contributed by atoms with Crippen molar-refractivity contribution in [2.75, 3.05) is 25.1 Å². The molecule has 1 N–H and O–H groups in total. The van der Waals surface area contributed by atoms with E-state index in [0.29, 0.717) is 17.8 Å². The van der Waals surface area contributed by atoms with Crippen molar-refractivity contribution in [3.05, 3.63) is 36.2 Å². The molecule has 4 atom stereocenters. The standard InChI is InChI=1S/C18H23N5O3/c1-11-5-14(17(25)26-2)21-18(20-11)23-8-12-6-15(22-4-3-19-10-22)16(24)7-13(12)9-23/h3-5,10,12-13,15-16,24H,6-9H2,1-2H3/t12-,13+,15-,16-/m1/s1. The summed E-state index contributed by atoms with van der Waals surface area (Å²) in [5.41, 5.74) is 1.02. The number of aliphatic hydroxyl groups is 1. The first-order valence-electron chi connectivity index (χ1n) is 8.89. The maximum atomic E-state index is 11.8. The van der Waals surface area contributed by atoms with Gasteiger partial charge in [-0.15, -0.1) is 0 Å². The summed E-state index contributed by atoms with van der Waals surface area (Å²) in [4.78, 5) is 27.0. The highest BCUT2D eigenvalue weighted by Gasteiger charge is 2.43. The van der Waals surface area contributed by atoms with Gasteiger partial charge in [-0.05, 0) is 37.7 Å². The first kappa shape index (κ1) is 17.0. The van der Waals surface area contributed by atoms with Crippen LogP contribution in [0.2, 0.25) is 0 Å². The van der Waals surface area contributed by atoms with Crippen LogP contribution in [0.25, 0.3) is 0 Å². The van der Waals surface area contributed by atoms with Gasteiger partial charge in [0.25, 0.3) is 0 Å². The van der Waals surface area contributed by atoms with Gasteiger partial charge >= 0.3 is 5.97 Å². The first-order valence-corrected chi connectivity index (χ1v) is 8.89. The van der Waals surface area contributed by atoms with E-state index in [2.05, 4.69) is 19.9 Å². The number of imidazole rings is 1. The third-order valence-corrected chi connectivity index (χ3v) is 5.54. The molecular formula is C18H23N5O3. The number of aromatic nitrogens is 4. The normalized spacial score (nSPS) is 28.0. The molecule has 8 heteroatoms. The number of carbonyl (C=O) groups is 1. The van der Waals surface area contributed by atoms with E-state index in [1.54, 1.807) is 18.6 Å². The number of anilines is 1. The van der Waals surface area contributed by atoms with Crippen LogP contribution in [0.5, 0.6) is 0 Å². The smallest absolute Gasteiger partial charge is 0.356 e. The number of hydrogen-bond donors (Lipinski definition) is 1. The molecule has 0 bridgehead atoms. The molecule has 2 fully saturated rings. The summed E-state index contributed by atoms with van der Waals surface area (Å²) in [6.45, 7) is 3.47. The molecule has 8 nitrogen and oxygen atoms in total. The minimum absolute atomic E-state index is 0.0581. The van der Waals surface area contributed by atoms with Crippen molar-refractivity contribution in [3.8, 4) is 0 Å². The molecule has 0 spiro atoms. The van der Waals surface area contributed by atoms with E-state index in [9.17, 15) is 9.90 Å². The number of methoxy groups -OCH3 is 1. The maximum Gasteiger partial charge on any atom is 0.356 e. The van der Waals surface area contributed by atoms with Crippen LogP contribution in [0, 0.1) is 18.8 Å². The van der Waals surface area contributed by atoms with Gasteiger partial charge in [-0.25, -0.2) is 19.7 Å². The van der Waals surface area contributed by atoms with Crippen LogP contribution in [-0.4, -0.2) is 56.9 Å². The molecular weight excluding hydrogens is 334 g/mol. The predicted molar refractivity (Wildman–Crippen MR) is 93.8 cm³/mol. The molecule has 1 aliphatic carbocycles. The molecule has 26 heavy (non-hydrogen) atoms. The molecule has 138 valence electrons. The highest BCUT2D eigenvalue weighted by Crippen LogP contribution is 2.42. The molecule has 4 rings (SSSR count). The Kier molecular flexibility index (Phi) is 4.36. The number of aliphatic hydroxyl groups excluding tert-OH is 1. The van der Waals surface area contributed by atoms with Gasteiger partial charge in [-0.1, -0.05) is 0 Å². The number of ether oxygens (including phenoxy) is 1. The first-order chi connectivity index (χ1) is 12.5. The van der Waals surface area contributed by atoms with E-state index in [0.717, 1.165) is 31.6 Å². The number of esters is 1. The van der Waals surface area contributed by atoms with E-state index in [1.807, 2.05) is 17.7 Å². The van der Waals surface area contributed by atoms with Gasteiger partial charge in [-0.3, -0.25) is 0 Å². The van der Waals surface area contributed by atoms with Crippen molar-refractivity contribution in [1.82, 2.24) is 19.5 Å². The zero-order valence-corrected chi connectivity index (χ0v) is 14.9. The molecule has 1 aliphatic heterocycles. The van der Waals surface area contributed by atoms with Gasteiger partial charge in [0.05, 0.1) is 25.6 Å². The number of aryl methyl sites for hydroxylation is 1. The molecule has 0 unspecified atom stereocenters. The van der Waals surface area contributed by atoms with E-state index < -0.39 is 5.97 Å². The fourth-order valence-corrected chi connectivity index (χ4v) is 4.26. The lowest BCUT2D eigenvalue weighted by Gasteiger charge is -2.35. The monoisotopic (exact) mass is 357 g/mol. The second kappa shape index (κ2) is 6.68. The zero-order valence-electron chi connectivity index (χ0n) is 14.9.